The quantitative estimate of drug-likeness (QED) is 0.0320. The van der Waals surface area contributed by atoms with Gasteiger partial charge in [-0.2, -0.15) is 10.2 Å². The highest BCUT2D eigenvalue weighted by Gasteiger charge is 2.14. The van der Waals surface area contributed by atoms with Crippen molar-refractivity contribution >= 4 is 100 Å². The lowest BCUT2D eigenvalue weighted by Crippen LogP contribution is -2.10. The summed E-state index contributed by atoms with van der Waals surface area (Å²) < 4.78 is 37.5. The van der Waals surface area contributed by atoms with E-state index in [0.29, 0.717) is 81.2 Å². The van der Waals surface area contributed by atoms with Crippen LogP contribution >= 0.6 is 0 Å². The number of nitrogens with two attached hydrogens (primary N) is 9. The van der Waals surface area contributed by atoms with Crippen molar-refractivity contribution < 1.29 is 76.3 Å². The molecule has 0 spiro atoms. The van der Waals surface area contributed by atoms with Crippen LogP contribution in [0, 0.1) is 6.92 Å². The topological polar surface area (TPSA) is 677 Å². The van der Waals surface area contributed by atoms with E-state index in [1.165, 1.54) is 105 Å². The van der Waals surface area contributed by atoms with Crippen LogP contribution in [0.4, 0.5) is 52.4 Å². The van der Waals surface area contributed by atoms with Gasteiger partial charge in [0.2, 0.25) is 23.5 Å². The van der Waals surface area contributed by atoms with Crippen molar-refractivity contribution in [3.63, 3.8) is 0 Å². The van der Waals surface area contributed by atoms with E-state index >= 15 is 0 Å². The summed E-state index contributed by atoms with van der Waals surface area (Å²) >= 11 is 0. The number of nitrogens with zero attached hydrogens (tertiary/aromatic N) is 18. The van der Waals surface area contributed by atoms with Gasteiger partial charge in [0.1, 0.15) is 29.1 Å². The minimum Gasteiger partial charge on any atom is -0.462 e. The van der Waals surface area contributed by atoms with Crippen LogP contribution in [0.15, 0.2) is 111 Å². The highest BCUT2D eigenvalue weighted by molar-refractivity contribution is 5.91. The number of esters is 8. The van der Waals surface area contributed by atoms with Gasteiger partial charge < -0.3 is 89.5 Å². The molecule has 0 saturated heterocycles. The fourth-order valence-electron chi connectivity index (χ4n) is 5.84. The highest BCUT2D eigenvalue weighted by atomic mass is 16.6. The number of carbonyl (C=O) groups is 8. The predicted molar refractivity (Wildman–Crippen MR) is 479 cm³/mol. The van der Waals surface area contributed by atoms with Crippen molar-refractivity contribution in [1.29, 1.82) is 0 Å². The maximum atomic E-state index is 11.1. The number of ether oxygens (including phenoxy) is 8. The first-order chi connectivity index (χ1) is 58.7. The molecule has 0 saturated carbocycles. The first kappa shape index (κ1) is 129. The Morgan fingerprint density at radius 1 is 0.276 bits per heavy atom. The second-order valence-corrected chi connectivity index (χ2v) is 18.0. The molecule has 9 aromatic rings. The van der Waals surface area contributed by atoms with Crippen molar-refractivity contribution in [2.75, 3.05) is 104 Å². The van der Waals surface area contributed by atoms with Gasteiger partial charge in [-0.05, 0) is 98.7 Å². The third kappa shape index (κ3) is 69.4. The Morgan fingerprint density at radius 2 is 0.707 bits per heavy atom. The van der Waals surface area contributed by atoms with Crippen molar-refractivity contribution in [3.8, 4) is 0 Å². The molecule has 0 aliphatic carbocycles. The van der Waals surface area contributed by atoms with E-state index < -0.39 is 47.8 Å². The largest absolute Gasteiger partial charge is 0.462 e. The van der Waals surface area contributed by atoms with Crippen LogP contribution in [-0.4, -0.2) is 191 Å². The van der Waals surface area contributed by atoms with Crippen molar-refractivity contribution in [3.05, 3.63) is 162 Å². The maximum Gasteiger partial charge on any atom is 0.376 e. The number of aryl methyl sites for hydroxylation is 1. The molecule has 0 aliphatic heterocycles. The van der Waals surface area contributed by atoms with Gasteiger partial charge in [-0.15, -0.1) is 20.4 Å². The zero-order chi connectivity index (χ0) is 95.8. The molecular weight excluding hydrogens is 1600 g/mol. The Bertz CT molecular complexity index is 3580. The van der Waals surface area contributed by atoms with Crippen LogP contribution in [0.25, 0.3) is 0 Å². The van der Waals surface area contributed by atoms with E-state index in [-0.39, 0.29) is 77.0 Å². The zero-order valence-corrected chi connectivity index (χ0v) is 75.8. The lowest BCUT2D eigenvalue weighted by Gasteiger charge is -1.99. The third-order valence-corrected chi connectivity index (χ3v) is 10.1. The van der Waals surface area contributed by atoms with E-state index in [4.69, 9.17) is 65.8 Å². The van der Waals surface area contributed by atoms with Gasteiger partial charge in [-0.1, -0.05) is 132 Å². The molecule has 9 heterocycles. The first-order valence-electron chi connectivity index (χ1n) is 39.2. The summed E-state index contributed by atoms with van der Waals surface area (Å²) in [6.07, 6.45) is 16.7. The van der Waals surface area contributed by atoms with Gasteiger partial charge in [0.05, 0.1) is 124 Å². The smallest absolute Gasteiger partial charge is 0.376 e. The molecule has 0 aromatic carbocycles. The van der Waals surface area contributed by atoms with Crippen molar-refractivity contribution in [1.82, 2.24) is 90.4 Å². The van der Waals surface area contributed by atoms with Crippen LogP contribution in [-0.2, 0) is 37.9 Å². The SMILES string of the molecule is C.CC.CC.CC.CC.CC.CC.CC.CC.CC.CCOC(=O)c1cc(N)cnn1.CCOC(=O)c1ccc(N)nn1.CCOC(=O)c1ccnc(N)n1.CCOC(=O)c1cnc(N)cn1.CCOC(=O)c1cnc(N)nc1.CCOC(=O)c1cnnc(N)c1.CCOC(=O)c1ncc(N)cn1.CCOC(=O)c1nccc(N)n1.Cc1cncc(N)n1. The van der Waals surface area contributed by atoms with Gasteiger partial charge in [0.15, 0.2) is 22.8 Å². The number of nitrogen functional groups attached to an aromatic ring is 9. The number of rotatable bonds is 16. The second kappa shape index (κ2) is 91.6. The Hall–Kier alpha value is -14.3. The Balaban J connectivity index is -0.000000142. The molecule has 0 bridgehead atoms. The summed E-state index contributed by atoms with van der Waals surface area (Å²) in [4.78, 5) is 133. The molecule has 123 heavy (non-hydrogen) atoms. The van der Waals surface area contributed by atoms with Gasteiger partial charge >= 0.3 is 47.8 Å². The summed E-state index contributed by atoms with van der Waals surface area (Å²) in [5.74, 6) is -2.14. The summed E-state index contributed by atoms with van der Waals surface area (Å²) in [6.45, 7) is 54.2. The zero-order valence-electron chi connectivity index (χ0n) is 75.8. The van der Waals surface area contributed by atoms with E-state index in [1.807, 2.05) is 132 Å². The first-order valence-corrected chi connectivity index (χ1v) is 39.2. The Labute approximate surface area is 724 Å². The van der Waals surface area contributed by atoms with Gasteiger partial charge in [0.25, 0.3) is 0 Å². The molecule has 18 N–H and O–H groups in total. The van der Waals surface area contributed by atoms with Crippen LogP contribution in [0.5, 0.6) is 0 Å². The molecule has 9 rings (SSSR count). The van der Waals surface area contributed by atoms with Crippen LogP contribution in [0.2, 0.25) is 0 Å². The standard InChI is InChI=1S/8C7H9N3O2.C5H7N3.9C2H6.CH4/c1-2-12-7(11)5-3-10-6(8)4-9-5;1-2-12-7(11)6-9-3-5(8)4-10-6;1-2-12-6(11)5-3-9-7(8)10-4-5;1-2-12-7(11)6-3-5(8)4-9-10-6;1-2-12-7(11)5-3-6(8)10-9-4-5;1-2-12-7(11)6-9-4-3-5(8)10-6;1-2-12-6(11)5-3-4-9-7(8)10-5;1-2-12-7(11)5-3-4-6(8)10-9-5;1-4-2-7-3-5(6)8-4;9*1-2;/h3-4H,2H2,1H3,(H2,8,10);3-4H,2,8H2,1H3;3-4H,2H2,1H3,(H2,8,9,10);2*3-4H,2H2,1H3,(H2,8,10);2*3-4H,2H2,1H3,(H2,8,9,10);3-4H,2H2,1H3,(H2,8,10);2-3H,1H3,(H2,6,8);9*1-2H3;1H4. The average molecular weight is 1730 g/mol. The molecule has 9 aromatic heterocycles. The van der Waals surface area contributed by atoms with Crippen molar-refractivity contribution in [2.24, 2.45) is 0 Å². The molecule has 0 fully saturated rings. The number of anilines is 9. The van der Waals surface area contributed by atoms with Crippen LogP contribution < -0.4 is 51.6 Å². The maximum absolute atomic E-state index is 11.1. The molecule has 688 valence electrons. The van der Waals surface area contributed by atoms with E-state index in [9.17, 15) is 38.4 Å². The van der Waals surface area contributed by atoms with Gasteiger partial charge in [-0.25, -0.2) is 93.2 Å². The normalized spacial score (nSPS) is 8.38. The van der Waals surface area contributed by atoms with Crippen LogP contribution in [0.3, 0.4) is 0 Å². The minimum absolute atomic E-state index is 0. The Morgan fingerprint density at radius 3 is 1.11 bits per heavy atom. The fraction of sp³-hybridized carbons (Fsp3) is 0.450. The summed E-state index contributed by atoms with van der Waals surface area (Å²) in [7, 11) is 0. The summed E-state index contributed by atoms with van der Waals surface area (Å²) in [6, 6.07) is 8.77. The lowest BCUT2D eigenvalue weighted by atomic mass is 10.3. The lowest BCUT2D eigenvalue weighted by molar-refractivity contribution is 0.0503. The fourth-order valence-corrected chi connectivity index (χ4v) is 5.84. The molecule has 0 unspecified atom stereocenters. The number of hydrogen-bond donors (Lipinski definition) is 9. The molecule has 0 aliphatic rings. The number of carbonyl (C=O) groups excluding carboxylic acids is 8. The van der Waals surface area contributed by atoms with Crippen molar-refractivity contribution in [2.45, 2.75) is 194 Å². The highest BCUT2D eigenvalue weighted by Crippen LogP contribution is 2.07. The van der Waals surface area contributed by atoms with Gasteiger partial charge in [-0.3, -0.25) is 4.98 Å². The molecule has 0 atom stereocenters. The Kier molecular flexibility index (Phi) is 96.3. The van der Waals surface area contributed by atoms with E-state index in [1.54, 1.807) is 61.6 Å². The summed E-state index contributed by atoms with van der Waals surface area (Å²) in [5, 5.41) is 21.1. The molecule has 43 heteroatoms. The average Bonchev–Trinajstić information content (AvgIpc) is 0.926. The molecule has 0 radical (unpaired) electrons. The number of aromatic nitrogens is 18. The molecular formula is C80H137N27O16. The molecule has 43 nitrogen and oxygen atoms in total. The summed E-state index contributed by atoms with van der Waals surface area (Å²) in [5.41, 5.74) is 50.6. The van der Waals surface area contributed by atoms with E-state index in [2.05, 4.69) is 114 Å². The monoisotopic (exact) mass is 1730 g/mol. The van der Waals surface area contributed by atoms with Crippen LogP contribution in [0.1, 0.15) is 277 Å². The van der Waals surface area contributed by atoms with E-state index in [0.717, 1.165) is 5.69 Å². The minimum atomic E-state index is -0.551. The second-order valence-electron chi connectivity index (χ2n) is 18.0. The molecule has 0 amide bonds. The predicted octanol–water partition coefficient (Wildman–Crippen LogP) is 12.1. The number of hydrogen-bond acceptors (Lipinski definition) is 43. The third-order valence-electron chi connectivity index (χ3n) is 10.1. The van der Waals surface area contributed by atoms with Gasteiger partial charge in [0, 0.05) is 31.0 Å².